The molecule has 5 rings (SSSR count). The number of carbonyl (C=O) groups excluding carboxylic acids is 2. The van der Waals surface area contributed by atoms with E-state index >= 15 is 0 Å². The third kappa shape index (κ3) is 6.69. The largest absolute Gasteiger partial charge is 0.497 e. The zero-order valence-electron chi connectivity index (χ0n) is 23.2. The number of ether oxygens (including phenoxy) is 2. The molecule has 8 heteroatoms. The van der Waals surface area contributed by atoms with Crippen LogP contribution in [0.25, 0.3) is 0 Å². The quantitative estimate of drug-likeness (QED) is 0.447. The summed E-state index contributed by atoms with van der Waals surface area (Å²) in [6, 6.07) is 16.0. The summed E-state index contributed by atoms with van der Waals surface area (Å²) in [7, 11) is 3.33. The first kappa shape index (κ1) is 29.2. The fourth-order valence-electron chi connectivity index (χ4n) is 6.09. The number of methoxy groups -OCH3 is 2. The van der Waals surface area contributed by atoms with Gasteiger partial charge in [-0.05, 0) is 87.0 Å². The molecule has 1 unspecified atom stereocenters. The molecule has 3 fully saturated rings. The van der Waals surface area contributed by atoms with E-state index in [4.69, 9.17) is 9.47 Å². The average molecular weight is 556 g/mol. The number of benzene rings is 2. The molecule has 2 heterocycles. The third-order valence-electron chi connectivity index (χ3n) is 8.99. The van der Waals surface area contributed by atoms with Crippen LogP contribution in [0.1, 0.15) is 62.1 Å². The molecular weight excluding hydrogens is 514 g/mol. The van der Waals surface area contributed by atoms with Gasteiger partial charge in [0.25, 0.3) is 0 Å². The van der Waals surface area contributed by atoms with Gasteiger partial charge in [0.15, 0.2) is 0 Å². The Labute approximate surface area is 238 Å². The molecule has 39 heavy (non-hydrogen) atoms. The predicted octanol–water partition coefficient (Wildman–Crippen LogP) is 4.99. The van der Waals surface area contributed by atoms with E-state index in [1.807, 2.05) is 41.3 Å². The zero-order chi connectivity index (χ0) is 26.5. The van der Waals surface area contributed by atoms with Gasteiger partial charge in [0.05, 0.1) is 25.7 Å². The van der Waals surface area contributed by atoms with Crippen molar-refractivity contribution in [3.63, 3.8) is 0 Å². The van der Waals surface area contributed by atoms with E-state index in [0.29, 0.717) is 12.5 Å². The second-order valence-electron chi connectivity index (χ2n) is 11.2. The zero-order valence-corrected chi connectivity index (χ0v) is 24.0. The summed E-state index contributed by atoms with van der Waals surface area (Å²) in [5, 5.41) is 3.33. The molecule has 2 aromatic carbocycles. The van der Waals surface area contributed by atoms with Crippen LogP contribution in [0, 0.1) is 11.3 Å². The number of nitrogens with one attached hydrogen (secondary N) is 1. The molecule has 212 valence electrons. The molecule has 0 bridgehead atoms. The van der Waals surface area contributed by atoms with Crippen LogP contribution >= 0.6 is 12.4 Å². The smallest absolute Gasteiger partial charge is 0.229 e. The van der Waals surface area contributed by atoms with Crippen LogP contribution < -0.4 is 14.8 Å². The molecule has 0 aromatic heterocycles. The number of halogens is 1. The molecule has 1 atom stereocenters. The van der Waals surface area contributed by atoms with Crippen LogP contribution in [0.4, 0.5) is 0 Å². The standard InChI is InChI=1S/C31H41N3O4.ClH/c1-37-26-10-6-23(7-11-26)22-34-21-17-31(30(34)36)15-19-33(20-16-31)18-14-28(32-29(35)25-4-3-5-25)24-8-12-27(38-2)13-9-24;/h6-13,25,28H,3-5,14-22H2,1-2H3,(H,32,35);1H. The topological polar surface area (TPSA) is 71.1 Å². The lowest BCUT2D eigenvalue weighted by atomic mass is 9.77. The Kier molecular flexibility index (Phi) is 9.78. The highest BCUT2D eigenvalue weighted by molar-refractivity contribution is 5.85. The average Bonchev–Trinajstić information content (AvgIpc) is 3.21. The lowest BCUT2D eigenvalue weighted by Gasteiger charge is -2.38. The van der Waals surface area contributed by atoms with Gasteiger partial charge in [-0.1, -0.05) is 30.7 Å². The number of likely N-dealkylation sites (tertiary alicyclic amines) is 2. The van der Waals surface area contributed by atoms with Crippen molar-refractivity contribution in [1.29, 1.82) is 0 Å². The molecule has 1 spiro atoms. The number of nitrogens with zero attached hydrogens (tertiary/aromatic N) is 2. The van der Waals surface area contributed by atoms with Gasteiger partial charge < -0.3 is 24.6 Å². The molecular formula is C31H42ClN3O4. The number of rotatable bonds is 10. The number of hydrogen-bond donors (Lipinski definition) is 1. The van der Waals surface area contributed by atoms with Crippen LogP contribution in [-0.2, 0) is 16.1 Å². The third-order valence-corrected chi connectivity index (χ3v) is 8.99. The molecule has 2 aromatic rings. The van der Waals surface area contributed by atoms with Crippen molar-refractivity contribution >= 4 is 24.2 Å². The maximum Gasteiger partial charge on any atom is 0.229 e. The van der Waals surface area contributed by atoms with Crippen LogP contribution in [-0.4, -0.2) is 62.0 Å². The number of amides is 2. The number of piperidine rings is 1. The molecule has 3 aliphatic rings. The first-order valence-electron chi connectivity index (χ1n) is 14.1. The highest BCUT2D eigenvalue weighted by Crippen LogP contribution is 2.42. The Bertz CT molecular complexity index is 1100. The fourth-order valence-corrected chi connectivity index (χ4v) is 6.09. The molecule has 1 N–H and O–H groups in total. The van der Waals surface area contributed by atoms with Gasteiger partial charge in [0.2, 0.25) is 11.8 Å². The lowest BCUT2D eigenvalue weighted by molar-refractivity contribution is -0.139. The highest BCUT2D eigenvalue weighted by atomic mass is 35.5. The maximum absolute atomic E-state index is 13.5. The van der Waals surface area contributed by atoms with Gasteiger partial charge in [-0.15, -0.1) is 12.4 Å². The summed E-state index contributed by atoms with van der Waals surface area (Å²) in [4.78, 5) is 30.8. The minimum Gasteiger partial charge on any atom is -0.497 e. The second-order valence-corrected chi connectivity index (χ2v) is 11.2. The van der Waals surface area contributed by atoms with Crippen LogP contribution in [0.2, 0.25) is 0 Å². The van der Waals surface area contributed by atoms with Crippen molar-refractivity contribution in [3.8, 4) is 11.5 Å². The van der Waals surface area contributed by atoms with E-state index in [0.717, 1.165) is 93.8 Å². The fraction of sp³-hybridized carbons (Fsp3) is 0.548. The molecule has 0 radical (unpaired) electrons. The molecule has 2 saturated heterocycles. The SMILES string of the molecule is COc1ccc(CN2CCC3(CCN(CCC(NC(=O)C4CCC4)c4ccc(OC)cc4)CC3)C2=O)cc1.Cl. The van der Waals surface area contributed by atoms with Gasteiger partial charge in [0.1, 0.15) is 11.5 Å². The predicted molar refractivity (Wildman–Crippen MR) is 154 cm³/mol. The van der Waals surface area contributed by atoms with Crippen molar-refractivity contribution in [2.75, 3.05) is 40.4 Å². The Morgan fingerprint density at radius 1 is 0.949 bits per heavy atom. The Balaban J connectivity index is 0.00000353. The normalized spacial score (nSPS) is 19.7. The minimum atomic E-state index is -0.212. The van der Waals surface area contributed by atoms with Crippen molar-refractivity contribution in [2.45, 2.75) is 57.5 Å². The van der Waals surface area contributed by atoms with E-state index in [1.165, 1.54) is 0 Å². The van der Waals surface area contributed by atoms with Gasteiger partial charge in [-0.3, -0.25) is 9.59 Å². The molecule has 1 aliphatic carbocycles. The summed E-state index contributed by atoms with van der Waals surface area (Å²) in [6.45, 7) is 4.25. The Morgan fingerprint density at radius 2 is 1.54 bits per heavy atom. The first-order chi connectivity index (χ1) is 18.5. The van der Waals surface area contributed by atoms with Gasteiger partial charge in [-0.2, -0.15) is 0 Å². The van der Waals surface area contributed by atoms with Crippen LogP contribution in [0.5, 0.6) is 11.5 Å². The van der Waals surface area contributed by atoms with Crippen molar-refractivity contribution in [3.05, 3.63) is 59.7 Å². The van der Waals surface area contributed by atoms with Crippen molar-refractivity contribution < 1.29 is 19.1 Å². The van der Waals surface area contributed by atoms with E-state index < -0.39 is 0 Å². The summed E-state index contributed by atoms with van der Waals surface area (Å²) < 4.78 is 10.6. The van der Waals surface area contributed by atoms with Crippen molar-refractivity contribution in [1.82, 2.24) is 15.1 Å². The lowest BCUT2D eigenvalue weighted by Crippen LogP contribution is -2.45. The first-order valence-corrected chi connectivity index (χ1v) is 14.1. The number of carbonyl (C=O) groups is 2. The molecule has 2 amide bonds. The summed E-state index contributed by atoms with van der Waals surface area (Å²) >= 11 is 0. The minimum absolute atomic E-state index is 0. The molecule has 2 aliphatic heterocycles. The number of hydrogen-bond acceptors (Lipinski definition) is 5. The van der Waals surface area contributed by atoms with E-state index in [1.54, 1.807) is 14.2 Å². The van der Waals surface area contributed by atoms with Crippen LogP contribution in [0.15, 0.2) is 48.5 Å². The van der Waals surface area contributed by atoms with E-state index in [-0.39, 0.29) is 35.7 Å². The summed E-state index contributed by atoms with van der Waals surface area (Å²) in [5.41, 5.74) is 2.05. The highest BCUT2D eigenvalue weighted by Gasteiger charge is 2.47. The maximum atomic E-state index is 13.5. The second kappa shape index (κ2) is 13.1. The van der Waals surface area contributed by atoms with Crippen LogP contribution in [0.3, 0.4) is 0 Å². The van der Waals surface area contributed by atoms with Gasteiger partial charge in [-0.25, -0.2) is 0 Å². The molecule has 7 nitrogen and oxygen atoms in total. The Hall–Kier alpha value is -2.77. The van der Waals surface area contributed by atoms with E-state index in [9.17, 15) is 9.59 Å². The summed E-state index contributed by atoms with van der Waals surface area (Å²) in [6.07, 6.45) is 6.77. The van der Waals surface area contributed by atoms with Gasteiger partial charge >= 0.3 is 0 Å². The summed E-state index contributed by atoms with van der Waals surface area (Å²) in [5.74, 6) is 2.32. The van der Waals surface area contributed by atoms with Gasteiger partial charge in [0, 0.05) is 25.6 Å². The molecule has 1 saturated carbocycles. The Morgan fingerprint density at radius 3 is 2.10 bits per heavy atom. The monoisotopic (exact) mass is 555 g/mol. The van der Waals surface area contributed by atoms with Crippen molar-refractivity contribution in [2.24, 2.45) is 11.3 Å². The van der Waals surface area contributed by atoms with E-state index in [2.05, 4.69) is 22.3 Å².